The van der Waals surface area contributed by atoms with Crippen molar-refractivity contribution in [2.24, 2.45) is 29.0 Å². The highest BCUT2D eigenvalue weighted by molar-refractivity contribution is 5.94. The van der Waals surface area contributed by atoms with Crippen LogP contribution in [0.15, 0.2) is 0 Å². The van der Waals surface area contributed by atoms with E-state index < -0.39 is 47.9 Å². The fraction of sp³-hybridized carbons (Fsp3) is 0.826. The number of carbonyl (C=O) groups excluding carboxylic acids is 3. The van der Waals surface area contributed by atoms with Crippen molar-refractivity contribution in [3.63, 3.8) is 0 Å². The molecule has 0 aliphatic heterocycles. The van der Waals surface area contributed by atoms with E-state index >= 15 is 0 Å². The zero-order valence-corrected chi connectivity index (χ0v) is 21.1. The van der Waals surface area contributed by atoms with Crippen LogP contribution in [0.2, 0.25) is 0 Å². The first-order valence-electron chi connectivity index (χ1n) is 12.2. The van der Waals surface area contributed by atoms with E-state index in [4.69, 9.17) is 17.2 Å². The van der Waals surface area contributed by atoms with E-state index in [0.29, 0.717) is 51.6 Å². The van der Waals surface area contributed by atoms with E-state index in [1.165, 1.54) is 0 Å². The monoisotopic (exact) mass is 486 g/mol. The van der Waals surface area contributed by atoms with Crippen LogP contribution < -0.4 is 33.2 Å². The Morgan fingerprint density at radius 2 is 1.24 bits per heavy atom. The van der Waals surface area contributed by atoms with Crippen LogP contribution in [0.25, 0.3) is 0 Å². The van der Waals surface area contributed by atoms with Crippen molar-refractivity contribution >= 4 is 23.7 Å². The van der Waals surface area contributed by atoms with E-state index in [-0.39, 0.29) is 11.8 Å². The Labute approximate surface area is 203 Å². The quantitative estimate of drug-likeness (QED) is 0.129. The van der Waals surface area contributed by atoms with Crippen LogP contribution in [0.4, 0.5) is 0 Å². The molecule has 34 heavy (non-hydrogen) atoms. The largest absolute Gasteiger partial charge is 0.480 e. The Morgan fingerprint density at radius 3 is 1.71 bits per heavy atom. The van der Waals surface area contributed by atoms with Crippen LogP contribution in [0.5, 0.6) is 0 Å². The Kier molecular flexibility index (Phi) is 16.1. The predicted octanol–water partition coefficient (Wildman–Crippen LogP) is -0.187. The minimum Gasteiger partial charge on any atom is -0.480 e. The van der Waals surface area contributed by atoms with Gasteiger partial charge in [-0.05, 0) is 63.5 Å². The number of carboxylic acid groups (broad SMARTS) is 1. The molecule has 0 aliphatic carbocycles. The molecule has 4 atom stereocenters. The fourth-order valence-electron chi connectivity index (χ4n) is 3.42. The molecular weight excluding hydrogens is 440 g/mol. The second kappa shape index (κ2) is 17.2. The SMILES string of the molecule is CC(C)CC(NC(=O)C(N)CCCCN)C(=O)NC(CCCCN)C(=O)NC(C(=O)O)C(C)C. The summed E-state index contributed by atoms with van der Waals surface area (Å²) in [7, 11) is 0. The van der Waals surface area contributed by atoms with E-state index in [9.17, 15) is 24.3 Å². The van der Waals surface area contributed by atoms with Crippen molar-refractivity contribution in [1.29, 1.82) is 0 Å². The van der Waals surface area contributed by atoms with Gasteiger partial charge in [-0.25, -0.2) is 4.79 Å². The van der Waals surface area contributed by atoms with Crippen LogP contribution in [0, 0.1) is 11.8 Å². The Hall–Kier alpha value is -2.24. The van der Waals surface area contributed by atoms with Gasteiger partial charge in [-0.2, -0.15) is 0 Å². The highest BCUT2D eigenvalue weighted by Crippen LogP contribution is 2.10. The summed E-state index contributed by atoms with van der Waals surface area (Å²) in [6.07, 6.45) is 3.78. The molecule has 0 heterocycles. The van der Waals surface area contributed by atoms with Crippen molar-refractivity contribution in [2.75, 3.05) is 13.1 Å². The third kappa shape index (κ3) is 12.9. The maximum Gasteiger partial charge on any atom is 0.326 e. The molecule has 0 spiro atoms. The molecule has 11 heteroatoms. The summed E-state index contributed by atoms with van der Waals surface area (Å²) in [4.78, 5) is 50.0. The van der Waals surface area contributed by atoms with Crippen LogP contribution >= 0.6 is 0 Å². The number of hydrogen-bond donors (Lipinski definition) is 7. The molecule has 0 saturated carbocycles. The molecule has 0 aliphatic rings. The second-order valence-corrected chi connectivity index (χ2v) is 9.50. The lowest BCUT2D eigenvalue weighted by Crippen LogP contribution is -2.57. The lowest BCUT2D eigenvalue weighted by molar-refractivity contribution is -0.143. The lowest BCUT2D eigenvalue weighted by atomic mass is 10.00. The van der Waals surface area contributed by atoms with E-state index in [0.717, 1.165) is 6.42 Å². The molecule has 0 fully saturated rings. The minimum absolute atomic E-state index is 0.0892. The van der Waals surface area contributed by atoms with Crippen molar-refractivity contribution in [3.8, 4) is 0 Å². The van der Waals surface area contributed by atoms with Gasteiger partial charge >= 0.3 is 5.97 Å². The first-order chi connectivity index (χ1) is 15.9. The summed E-state index contributed by atoms with van der Waals surface area (Å²) in [5.74, 6) is -2.93. The Morgan fingerprint density at radius 1 is 0.735 bits per heavy atom. The molecule has 198 valence electrons. The van der Waals surface area contributed by atoms with Crippen LogP contribution in [0.3, 0.4) is 0 Å². The first kappa shape index (κ1) is 31.8. The maximum atomic E-state index is 13.1. The number of nitrogens with two attached hydrogens (primary N) is 3. The molecule has 3 amide bonds. The van der Waals surface area contributed by atoms with Crippen molar-refractivity contribution < 1.29 is 24.3 Å². The Balaban J connectivity index is 5.42. The van der Waals surface area contributed by atoms with E-state index in [1.807, 2.05) is 13.8 Å². The van der Waals surface area contributed by atoms with Crippen molar-refractivity contribution in [2.45, 2.75) is 96.8 Å². The number of carbonyl (C=O) groups is 4. The van der Waals surface area contributed by atoms with Crippen LogP contribution in [-0.2, 0) is 19.2 Å². The normalized spacial score (nSPS) is 14.9. The van der Waals surface area contributed by atoms with Crippen LogP contribution in [-0.4, -0.2) is 66.1 Å². The summed E-state index contributed by atoms with van der Waals surface area (Å²) in [5.41, 5.74) is 17.0. The van der Waals surface area contributed by atoms with Gasteiger partial charge in [0.25, 0.3) is 0 Å². The van der Waals surface area contributed by atoms with Gasteiger partial charge in [0.05, 0.1) is 6.04 Å². The number of carboxylic acids is 1. The highest BCUT2D eigenvalue weighted by atomic mass is 16.4. The summed E-state index contributed by atoms with van der Waals surface area (Å²) in [6.45, 7) is 8.15. The summed E-state index contributed by atoms with van der Waals surface area (Å²) < 4.78 is 0. The fourth-order valence-corrected chi connectivity index (χ4v) is 3.42. The van der Waals surface area contributed by atoms with Crippen LogP contribution in [0.1, 0.15) is 72.6 Å². The molecule has 0 radical (unpaired) electrons. The standard InChI is InChI=1S/C23H46N6O5/c1-14(2)13-18(28-20(30)16(26)9-5-7-11-24)22(32)27-17(10-6-8-12-25)21(31)29-19(15(3)4)23(33)34/h14-19H,5-13,24-26H2,1-4H3,(H,27,32)(H,28,30)(H,29,31)(H,33,34). The van der Waals surface area contributed by atoms with Gasteiger partial charge in [0.1, 0.15) is 18.1 Å². The topological polar surface area (TPSA) is 203 Å². The molecule has 0 aromatic carbocycles. The molecule has 10 N–H and O–H groups in total. The third-order valence-electron chi connectivity index (χ3n) is 5.46. The zero-order valence-electron chi connectivity index (χ0n) is 21.1. The van der Waals surface area contributed by atoms with Gasteiger partial charge in [0, 0.05) is 0 Å². The first-order valence-corrected chi connectivity index (χ1v) is 12.2. The summed E-state index contributed by atoms with van der Waals surface area (Å²) in [5, 5.41) is 17.3. The molecule has 0 rings (SSSR count). The number of nitrogens with one attached hydrogen (secondary N) is 3. The van der Waals surface area contributed by atoms with E-state index in [1.54, 1.807) is 13.8 Å². The average Bonchev–Trinajstić information content (AvgIpc) is 2.75. The van der Waals surface area contributed by atoms with Gasteiger partial charge in [-0.3, -0.25) is 14.4 Å². The number of amides is 3. The van der Waals surface area contributed by atoms with Gasteiger partial charge < -0.3 is 38.3 Å². The number of aliphatic carboxylic acids is 1. The van der Waals surface area contributed by atoms with Crippen molar-refractivity contribution in [1.82, 2.24) is 16.0 Å². The molecular formula is C23H46N6O5. The Bertz CT molecular complexity index is 643. The van der Waals surface area contributed by atoms with Gasteiger partial charge in [0.2, 0.25) is 17.7 Å². The highest BCUT2D eigenvalue weighted by Gasteiger charge is 2.31. The number of unbranched alkanes of at least 4 members (excludes halogenated alkanes) is 2. The maximum absolute atomic E-state index is 13.1. The van der Waals surface area contributed by atoms with E-state index in [2.05, 4.69) is 16.0 Å². The number of rotatable bonds is 18. The molecule has 11 nitrogen and oxygen atoms in total. The molecule has 0 saturated heterocycles. The van der Waals surface area contributed by atoms with Gasteiger partial charge in [-0.15, -0.1) is 0 Å². The van der Waals surface area contributed by atoms with Gasteiger partial charge in [0.15, 0.2) is 0 Å². The zero-order chi connectivity index (χ0) is 26.3. The average molecular weight is 487 g/mol. The minimum atomic E-state index is -1.15. The van der Waals surface area contributed by atoms with Crippen molar-refractivity contribution in [3.05, 3.63) is 0 Å². The van der Waals surface area contributed by atoms with Gasteiger partial charge in [-0.1, -0.05) is 34.1 Å². The second-order valence-electron chi connectivity index (χ2n) is 9.50. The third-order valence-corrected chi connectivity index (χ3v) is 5.46. The lowest BCUT2D eigenvalue weighted by Gasteiger charge is -2.26. The molecule has 0 aromatic rings. The smallest absolute Gasteiger partial charge is 0.326 e. The predicted molar refractivity (Wildman–Crippen MR) is 132 cm³/mol. The molecule has 0 aromatic heterocycles. The molecule has 4 unspecified atom stereocenters. The molecule has 0 bridgehead atoms. The summed E-state index contributed by atoms with van der Waals surface area (Å²) >= 11 is 0. The number of hydrogen-bond acceptors (Lipinski definition) is 7. The summed E-state index contributed by atoms with van der Waals surface area (Å²) in [6, 6.07) is -3.68.